The van der Waals surface area contributed by atoms with Crippen molar-refractivity contribution >= 4 is 36.3 Å². The maximum Gasteiger partial charge on any atom is 0.360 e. The number of fused-ring (bicyclic) bond motifs is 1. The van der Waals surface area contributed by atoms with Crippen LogP contribution in [0.1, 0.15) is 26.7 Å². The molecule has 25 heavy (non-hydrogen) atoms. The van der Waals surface area contributed by atoms with Crippen molar-refractivity contribution in [1.82, 2.24) is 19.5 Å². The van der Waals surface area contributed by atoms with Crippen molar-refractivity contribution in [3.63, 3.8) is 0 Å². The van der Waals surface area contributed by atoms with Gasteiger partial charge in [-0.1, -0.05) is 11.6 Å². The second kappa shape index (κ2) is 7.55. The molecule has 0 aromatic carbocycles. The van der Waals surface area contributed by atoms with Gasteiger partial charge in [0.2, 0.25) is 5.95 Å². The average molecular weight is 390 g/mol. The van der Waals surface area contributed by atoms with E-state index in [0.717, 1.165) is 12.8 Å². The summed E-state index contributed by atoms with van der Waals surface area (Å²) < 4.78 is 31.7. The molecule has 0 aliphatic heterocycles. The van der Waals surface area contributed by atoms with E-state index in [9.17, 15) is 4.57 Å². The van der Waals surface area contributed by atoms with E-state index in [-0.39, 0.29) is 37.0 Å². The normalized spacial score (nSPS) is 16.4. The molecule has 9 nitrogen and oxygen atoms in total. The van der Waals surface area contributed by atoms with Crippen LogP contribution in [0.2, 0.25) is 5.15 Å². The van der Waals surface area contributed by atoms with Gasteiger partial charge in [0, 0.05) is 0 Å². The van der Waals surface area contributed by atoms with Gasteiger partial charge in [-0.3, -0.25) is 4.57 Å². The number of hydrogen-bond donors (Lipinski definition) is 1. The Morgan fingerprint density at radius 2 is 2.04 bits per heavy atom. The van der Waals surface area contributed by atoms with Crippen LogP contribution in [-0.2, 0) is 24.9 Å². The van der Waals surface area contributed by atoms with Crippen LogP contribution in [0, 0.1) is 0 Å². The van der Waals surface area contributed by atoms with E-state index in [2.05, 4.69) is 15.0 Å². The lowest BCUT2D eigenvalue weighted by atomic mass is 10.5. The van der Waals surface area contributed by atoms with Crippen molar-refractivity contribution in [1.29, 1.82) is 0 Å². The Bertz CT molecular complexity index is 787. The molecule has 1 unspecified atom stereocenters. The van der Waals surface area contributed by atoms with Gasteiger partial charge in [-0.25, -0.2) is 4.98 Å². The Labute approximate surface area is 150 Å². The van der Waals surface area contributed by atoms with E-state index in [4.69, 9.17) is 31.1 Å². The lowest BCUT2D eigenvalue weighted by Gasteiger charge is -2.26. The first-order valence-electron chi connectivity index (χ1n) is 8.15. The number of nitrogens with two attached hydrogens (primary N) is 1. The molecule has 138 valence electrons. The number of anilines is 1. The number of nitrogen functional groups attached to an aromatic ring is 1. The fourth-order valence-corrected chi connectivity index (χ4v) is 4.48. The van der Waals surface area contributed by atoms with Gasteiger partial charge in [-0.15, -0.1) is 0 Å². The third-order valence-corrected chi connectivity index (χ3v) is 6.13. The Morgan fingerprint density at radius 3 is 2.64 bits per heavy atom. The van der Waals surface area contributed by atoms with Gasteiger partial charge in [-0.2, -0.15) is 9.97 Å². The van der Waals surface area contributed by atoms with Gasteiger partial charge in [-0.05, 0) is 26.7 Å². The van der Waals surface area contributed by atoms with Crippen molar-refractivity contribution in [2.45, 2.75) is 45.2 Å². The highest BCUT2D eigenvalue weighted by atomic mass is 35.5. The van der Waals surface area contributed by atoms with Gasteiger partial charge in [0.1, 0.15) is 5.52 Å². The Hall–Kier alpha value is -1.25. The van der Waals surface area contributed by atoms with Crippen LogP contribution in [0.3, 0.4) is 0 Å². The average Bonchev–Trinajstić information content (AvgIpc) is 3.27. The molecular weight excluding hydrogens is 369 g/mol. The molecule has 1 saturated carbocycles. The van der Waals surface area contributed by atoms with Crippen LogP contribution in [0.5, 0.6) is 0 Å². The van der Waals surface area contributed by atoms with Gasteiger partial charge in [0.05, 0.1) is 32.2 Å². The van der Waals surface area contributed by atoms with E-state index < -0.39 is 13.4 Å². The number of rotatable bonds is 9. The summed E-state index contributed by atoms with van der Waals surface area (Å²) in [6, 6.07) is 0. The lowest BCUT2D eigenvalue weighted by molar-refractivity contribution is 0.0498. The van der Waals surface area contributed by atoms with Crippen LogP contribution < -0.4 is 5.73 Å². The molecule has 0 radical (unpaired) electrons. The predicted octanol–water partition coefficient (Wildman–Crippen LogP) is 2.83. The van der Waals surface area contributed by atoms with Crippen molar-refractivity contribution in [2.75, 3.05) is 18.9 Å². The quantitative estimate of drug-likeness (QED) is 0.514. The first-order chi connectivity index (χ1) is 12.0. The zero-order valence-electron chi connectivity index (χ0n) is 14.1. The maximum absolute atomic E-state index is 13.2. The molecule has 1 aliphatic rings. The minimum absolute atomic E-state index is 0.0386. The van der Waals surface area contributed by atoms with Gasteiger partial charge in [0.25, 0.3) is 0 Å². The summed E-state index contributed by atoms with van der Waals surface area (Å²) in [7, 11) is -3.46. The smallest absolute Gasteiger partial charge is 0.360 e. The molecule has 1 aliphatic carbocycles. The molecule has 2 aromatic rings. The molecule has 3 rings (SSSR count). The number of imidazole rings is 1. The van der Waals surface area contributed by atoms with Crippen molar-refractivity contribution in [3.05, 3.63) is 11.5 Å². The monoisotopic (exact) mass is 389 g/mol. The largest absolute Gasteiger partial charge is 0.368 e. The first-order valence-corrected chi connectivity index (χ1v) is 10.1. The molecule has 2 heterocycles. The molecule has 0 saturated heterocycles. The summed E-state index contributed by atoms with van der Waals surface area (Å²) in [5.41, 5.74) is 6.54. The summed E-state index contributed by atoms with van der Waals surface area (Å²) in [6.45, 7) is 4.23. The van der Waals surface area contributed by atoms with E-state index in [0.29, 0.717) is 11.2 Å². The Balaban J connectivity index is 1.93. The topological polar surface area (TPSA) is 114 Å². The second-order valence-corrected chi connectivity index (χ2v) is 8.14. The molecule has 0 bridgehead atoms. The highest BCUT2D eigenvalue weighted by Gasteiger charge is 2.41. The van der Waals surface area contributed by atoms with E-state index in [1.165, 1.54) is 6.33 Å². The zero-order valence-corrected chi connectivity index (χ0v) is 15.7. The Kier molecular flexibility index (Phi) is 5.60. The zero-order chi connectivity index (χ0) is 18.0. The molecule has 2 aromatic heterocycles. The summed E-state index contributed by atoms with van der Waals surface area (Å²) >= 11 is 6.05. The minimum Gasteiger partial charge on any atom is -0.368 e. The number of hydrogen-bond acceptors (Lipinski definition) is 8. The van der Waals surface area contributed by atoms with Crippen LogP contribution >= 0.6 is 19.2 Å². The highest BCUT2D eigenvalue weighted by molar-refractivity contribution is 7.54. The standard InChI is InChI=1S/C14H21ClN5O4P/c1-3-22-25(21,23-4-2)10(24-9-5-6-9)7-20-8-17-11-12(15)18-14(16)19-13(11)20/h8-10H,3-7H2,1-2H3,(H2,16,18,19). The minimum atomic E-state index is -3.46. The van der Waals surface area contributed by atoms with Crippen LogP contribution in [0.4, 0.5) is 5.95 Å². The first kappa shape index (κ1) is 18.5. The fourth-order valence-electron chi connectivity index (χ4n) is 2.43. The number of halogens is 1. The van der Waals surface area contributed by atoms with Crippen LogP contribution in [0.25, 0.3) is 11.2 Å². The SMILES string of the molecule is CCOP(=O)(OCC)C(Cn1cnc2c(Cl)nc(N)nc21)OC1CC1. The Morgan fingerprint density at radius 1 is 1.36 bits per heavy atom. The second-order valence-electron chi connectivity index (χ2n) is 5.61. The molecule has 11 heteroatoms. The van der Waals surface area contributed by atoms with Gasteiger partial charge in [0.15, 0.2) is 16.6 Å². The van der Waals surface area contributed by atoms with Gasteiger partial charge < -0.3 is 24.1 Å². The molecule has 0 amide bonds. The summed E-state index contributed by atoms with van der Waals surface area (Å²) in [5, 5.41) is 0.165. The van der Waals surface area contributed by atoms with E-state index >= 15 is 0 Å². The predicted molar refractivity (Wildman–Crippen MR) is 93.5 cm³/mol. The van der Waals surface area contributed by atoms with Crippen molar-refractivity contribution in [2.24, 2.45) is 0 Å². The fraction of sp³-hybridized carbons (Fsp3) is 0.643. The van der Waals surface area contributed by atoms with Gasteiger partial charge >= 0.3 is 7.60 Å². The molecular formula is C14H21ClN5O4P. The summed E-state index contributed by atoms with van der Waals surface area (Å²) in [4.78, 5) is 12.3. The molecule has 0 spiro atoms. The molecule has 1 fully saturated rings. The van der Waals surface area contributed by atoms with Crippen LogP contribution in [0.15, 0.2) is 6.33 Å². The number of aromatic nitrogens is 4. The summed E-state index contributed by atoms with van der Waals surface area (Å²) in [5.74, 6) is -0.732. The third kappa shape index (κ3) is 4.12. The molecule has 2 N–H and O–H groups in total. The van der Waals surface area contributed by atoms with Crippen LogP contribution in [-0.4, -0.2) is 44.7 Å². The maximum atomic E-state index is 13.2. The van der Waals surface area contributed by atoms with Crippen molar-refractivity contribution < 1.29 is 18.3 Å². The van der Waals surface area contributed by atoms with E-state index in [1.807, 2.05) is 0 Å². The summed E-state index contributed by atoms with van der Waals surface area (Å²) in [6.07, 6.45) is 3.47. The highest BCUT2D eigenvalue weighted by Crippen LogP contribution is 2.55. The van der Waals surface area contributed by atoms with Crippen molar-refractivity contribution in [3.8, 4) is 0 Å². The lowest BCUT2D eigenvalue weighted by Crippen LogP contribution is -2.24. The number of nitrogens with zero attached hydrogens (tertiary/aromatic N) is 4. The van der Waals surface area contributed by atoms with E-state index in [1.54, 1.807) is 18.4 Å². The molecule has 1 atom stereocenters. The third-order valence-electron chi connectivity index (χ3n) is 3.64. The number of ether oxygens (including phenoxy) is 1.